The highest BCUT2D eigenvalue weighted by molar-refractivity contribution is 6.32. The molecule has 0 saturated heterocycles. The van der Waals surface area contributed by atoms with E-state index in [0.717, 1.165) is 11.4 Å². The third kappa shape index (κ3) is 4.42. The van der Waals surface area contributed by atoms with E-state index < -0.39 is 0 Å². The van der Waals surface area contributed by atoms with Gasteiger partial charge in [0.05, 0.1) is 10.7 Å². The molecule has 0 fully saturated rings. The normalized spacial score (nSPS) is 11.2. The van der Waals surface area contributed by atoms with Crippen molar-refractivity contribution in [2.75, 3.05) is 0 Å². The summed E-state index contributed by atoms with van der Waals surface area (Å²) in [6, 6.07) is 11.1. The van der Waals surface area contributed by atoms with Crippen LogP contribution in [0.5, 0.6) is 11.5 Å². The Labute approximate surface area is 124 Å². The zero-order valence-corrected chi connectivity index (χ0v) is 12.6. The Morgan fingerprint density at radius 3 is 2.55 bits per heavy atom. The van der Waals surface area contributed by atoms with Gasteiger partial charge in [-0.1, -0.05) is 17.7 Å². The number of aromatic nitrogens is 1. The molecule has 1 aromatic carbocycles. The van der Waals surface area contributed by atoms with Crippen LogP contribution < -0.4 is 9.47 Å². The first kappa shape index (κ1) is 14.7. The van der Waals surface area contributed by atoms with Crippen LogP contribution in [0.15, 0.2) is 42.6 Å². The van der Waals surface area contributed by atoms with Crippen molar-refractivity contribution in [3.05, 3.63) is 53.3 Å². The van der Waals surface area contributed by atoms with Crippen molar-refractivity contribution in [1.29, 1.82) is 0 Å². The predicted octanol–water partition coefficient (Wildman–Crippen LogP) is 4.49. The summed E-state index contributed by atoms with van der Waals surface area (Å²) in [5.41, 5.74) is 0.609. The average molecular weight is 292 g/mol. The molecule has 0 atom stereocenters. The molecular formula is C16H18ClNO2. The summed E-state index contributed by atoms with van der Waals surface area (Å²) >= 11 is 6.20. The molecule has 0 aliphatic carbocycles. The lowest BCUT2D eigenvalue weighted by atomic mass is 10.2. The summed E-state index contributed by atoms with van der Waals surface area (Å²) in [5.74, 6) is 1.35. The predicted molar refractivity (Wildman–Crippen MR) is 80.4 cm³/mol. The molecule has 2 rings (SSSR count). The molecule has 1 aromatic heterocycles. The van der Waals surface area contributed by atoms with E-state index in [1.165, 1.54) is 0 Å². The van der Waals surface area contributed by atoms with Crippen molar-refractivity contribution < 1.29 is 9.47 Å². The minimum absolute atomic E-state index is 0.250. The molecule has 0 radical (unpaired) electrons. The van der Waals surface area contributed by atoms with E-state index in [2.05, 4.69) is 4.98 Å². The quantitative estimate of drug-likeness (QED) is 0.831. The van der Waals surface area contributed by atoms with E-state index in [9.17, 15) is 0 Å². The van der Waals surface area contributed by atoms with Crippen molar-refractivity contribution in [1.82, 2.24) is 4.98 Å². The van der Waals surface area contributed by atoms with E-state index in [4.69, 9.17) is 21.1 Å². The molecule has 20 heavy (non-hydrogen) atoms. The molecule has 0 aliphatic rings. The Bertz CT molecular complexity index is 564. The van der Waals surface area contributed by atoms with Crippen molar-refractivity contribution >= 4 is 11.6 Å². The maximum Gasteiger partial charge on any atom is 0.138 e. The van der Waals surface area contributed by atoms with Crippen molar-refractivity contribution in [2.24, 2.45) is 0 Å². The Balaban J connectivity index is 2.03. The lowest BCUT2D eigenvalue weighted by Gasteiger charge is -2.21. The van der Waals surface area contributed by atoms with Crippen molar-refractivity contribution in [3.8, 4) is 11.5 Å². The van der Waals surface area contributed by atoms with Crippen LogP contribution in [0.4, 0.5) is 0 Å². The molecule has 0 N–H and O–H groups in total. The summed E-state index contributed by atoms with van der Waals surface area (Å²) < 4.78 is 11.4. The van der Waals surface area contributed by atoms with Gasteiger partial charge in [-0.05, 0) is 45.0 Å². The molecule has 0 spiro atoms. The van der Waals surface area contributed by atoms with Crippen LogP contribution in [0.1, 0.15) is 26.5 Å². The number of hydrogen-bond donors (Lipinski definition) is 0. The molecule has 3 nitrogen and oxygen atoms in total. The summed E-state index contributed by atoms with van der Waals surface area (Å²) in [5, 5.41) is 0.530. The second-order valence-electron chi connectivity index (χ2n) is 5.42. The van der Waals surface area contributed by atoms with Crippen LogP contribution in [0, 0.1) is 0 Å². The number of halogens is 1. The molecule has 0 amide bonds. The Morgan fingerprint density at radius 1 is 1.15 bits per heavy atom. The van der Waals surface area contributed by atoms with E-state index in [1.54, 1.807) is 12.3 Å². The van der Waals surface area contributed by atoms with Crippen LogP contribution in [-0.4, -0.2) is 10.6 Å². The second kappa shape index (κ2) is 6.14. The smallest absolute Gasteiger partial charge is 0.138 e. The second-order valence-corrected chi connectivity index (χ2v) is 5.82. The number of pyridine rings is 1. The van der Waals surface area contributed by atoms with Crippen molar-refractivity contribution in [2.45, 2.75) is 33.0 Å². The fraction of sp³-hybridized carbons (Fsp3) is 0.312. The van der Waals surface area contributed by atoms with Gasteiger partial charge in [0.2, 0.25) is 0 Å². The van der Waals surface area contributed by atoms with Gasteiger partial charge in [0.15, 0.2) is 0 Å². The Hall–Kier alpha value is -1.74. The number of nitrogens with zero attached hydrogens (tertiary/aromatic N) is 1. The van der Waals surface area contributed by atoms with Crippen molar-refractivity contribution in [3.63, 3.8) is 0 Å². The average Bonchev–Trinajstić information content (AvgIpc) is 2.37. The number of benzene rings is 1. The zero-order valence-electron chi connectivity index (χ0n) is 11.9. The van der Waals surface area contributed by atoms with E-state index in [-0.39, 0.29) is 5.60 Å². The topological polar surface area (TPSA) is 31.4 Å². The highest BCUT2D eigenvalue weighted by Gasteiger charge is 2.13. The van der Waals surface area contributed by atoms with E-state index >= 15 is 0 Å². The van der Waals surface area contributed by atoms with Gasteiger partial charge in [-0.3, -0.25) is 4.98 Å². The fourth-order valence-electron chi connectivity index (χ4n) is 1.65. The minimum atomic E-state index is -0.250. The summed E-state index contributed by atoms with van der Waals surface area (Å²) in [6.07, 6.45) is 1.74. The Morgan fingerprint density at radius 2 is 1.95 bits per heavy atom. The van der Waals surface area contributed by atoms with Crippen LogP contribution >= 0.6 is 11.6 Å². The molecule has 0 unspecified atom stereocenters. The van der Waals surface area contributed by atoms with Crippen LogP contribution in [0.25, 0.3) is 0 Å². The number of rotatable bonds is 4. The summed E-state index contributed by atoms with van der Waals surface area (Å²) in [4.78, 5) is 4.20. The number of hydrogen-bond acceptors (Lipinski definition) is 3. The van der Waals surface area contributed by atoms with E-state index in [1.807, 2.05) is 51.1 Å². The summed E-state index contributed by atoms with van der Waals surface area (Å²) in [6.45, 7) is 6.37. The first-order valence-electron chi connectivity index (χ1n) is 6.45. The molecule has 2 aromatic rings. The highest BCUT2D eigenvalue weighted by atomic mass is 35.5. The monoisotopic (exact) mass is 291 g/mol. The molecule has 1 heterocycles. The molecule has 0 aliphatic heterocycles. The minimum Gasteiger partial charge on any atom is -0.488 e. The molecular weight excluding hydrogens is 274 g/mol. The maximum atomic E-state index is 6.20. The van der Waals surface area contributed by atoms with Gasteiger partial charge in [-0.25, -0.2) is 0 Å². The molecule has 4 heteroatoms. The van der Waals surface area contributed by atoms with Gasteiger partial charge in [-0.2, -0.15) is 0 Å². The third-order valence-corrected chi connectivity index (χ3v) is 2.72. The highest BCUT2D eigenvalue weighted by Crippen LogP contribution is 2.30. The molecule has 0 saturated carbocycles. The van der Waals surface area contributed by atoms with Gasteiger partial charge >= 0.3 is 0 Å². The molecule has 106 valence electrons. The van der Waals surface area contributed by atoms with Crippen LogP contribution in [0.3, 0.4) is 0 Å². The van der Waals surface area contributed by atoms with Gasteiger partial charge < -0.3 is 9.47 Å². The zero-order chi connectivity index (χ0) is 14.6. The van der Waals surface area contributed by atoms with Gasteiger partial charge in [0.25, 0.3) is 0 Å². The fourth-order valence-corrected chi connectivity index (χ4v) is 1.88. The largest absolute Gasteiger partial charge is 0.488 e. The lowest BCUT2D eigenvalue weighted by molar-refractivity contribution is 0.131. The first-order valence-corrected chi connectivity index (χ1v) is 6.83. The maximum absolute atomic E-state index is 6.20. The standard InChI is InChI=1S/C16H18ClNO2/c1-16(2,3)20-13-7-8-15(14(17)10-13)19-11-12-6-4-5-9-18-12/h4-10H,11H2,1-3H3. The Kier molecular flexibility index (Phi) is 4.50. The lowest BCUT2D eigenvalue weighted by Crippen LogP contribution is -2.22. The van der Waals surface area contributed by atoms with Crippen LogP contribution in [0.2, 0.25) is 5.02 Å². The SMILES string of the molecule is CC(C)(C)Oc1ccc(OCc2ccccn2)c(Cl)c1. The number of ether oxygens (including phenoxy) is 2. The van der Waals surface area contributed by atoms with Crippen LogP contribution in [-0.2, 0) is 6.61 Å². The van der Waals surface area contributed by atoms with E-state index in [0.29, 0.717) is 17.4 Å². The summed E-state index contributed by atoms with van der Waals surface area (Å²) in [7, 11) is 0. The third-order valence-electron chi connectivity index (χ3n) is 2.43. The van der Waals surface area contributed by atoms with Gasteiger partial charge in [0.1, 0.15) is 23.7 Å². The first-order chi connectivity index (χ1) is 9.44. The van der Waals surface area contributed by atoms with Gasteiger partial charge in [0, 0.05) is 12.3 Å². The van der Waals surface area contributed by atoms with Gasteiger partial charge in [-0.15, -0.1) is 0 Å². The molecule has 0 bridgehead atoms.